The van der Waals surface area contributed by atoms with Crippen molar-refractivity contribution < 1.29 is 4.79 Å². The molecule has 1 nitrogen and oxygen atoms in total. The van der Waals surface area contributed by atoms with Crippen molar-refractivity contribution >= 4 is 40.3 Å². The first-order chi connectivity index (χ1) is 8.38. The van der Waals surface area contributed by atoms with Gasteiger partial charge in [-0.1, -0.05) is 6.07 Å². The Kier molecular flexibility index (Phi) is 2.93. The summed E-state index contributed by atoms with van der Waals surface area (Å²) < 4.78 is 0. The second-order valence-corrected chi connectivity index (χ2v) is 6.41. The minimum absolute atomic E-state index is 0.787. The van der Waals surface area contributed by atoms with E-state index in [1.54, 1.807) is 34.0 Å². The Labute approximate surface area is 111 Å². The van der Waals surface area contributed by atoms with Gasteiger partial charge in [0, 0.05) is 20.2 Å². The van der Waals surface area contributed by atoms with Gasteiger partial charge in [0.2, 0.25) is 0 Å². The van der Waals surface area contributed by atoms with E-state index in [9.17, 15) is 4.79 Å². The van der Waals surface area contributed by atoms with Crippen LogP contribution in [0.25, 0.3) is 19.5 Å². The van der Waals surface area contributed by atoms with Crippen molar-refractivity contribution in [3.05, 3.63) is 46.7 Å². The Morgan fingerprint density at radius 2 is 1.76 bits per heavy atom. The maximum atomic E-state index is 10.9. The molecule has 0 radical (unpaired) electrons. The third-order valence-electron chi connectivity index (χ3n) is 2.42. The molecule has 0 amide bonds. The summed E-state index contributed by atoms with van der Waals surface area (Å²) in [6.45, 7) is 0. The van der Waals surface area contributed by atoms with Gasteiger partial charge in [0.15, 0.2) is 6.29 Å². The molecule has 0 aliphatic carbocycles. The molecular weight excluding hydrogens is 268 g/mol. The van der Waals surface area contributed by atoms with E-state index in [1.165, 1.54) is 14.6 Å². The summed E-state index contributed by atoms with van der Waals surface area (Å²) in [5.74, 6) is 0. The molecular formula is C13H8OS3. The topological polar surface area (TPSA) is 17.1 Å². The van der Waals surface area contributed by atoms with Crippen LogP contribution in [0.1, 0.15) is 10.4 Å². The normalized spacial score (nSPS) is 10.6. The quantitative estimate of drug-likeness (QED) is 0.614. The van der Waals surface area contributed by atoms with Crippen molar-refractivity contribution in [3.63, 3.8) is 0 Å². The highest BCUT2D eigenvalue weighted by atomic mass is 32.1. The van der Waals surface area contributed by atoms with Gasteiger partial charge in [0.1, 0.15) is 0 Å². The number of carbonyl (C=O) groups is 1. The zero-order valence-electron chi connectivity index (χ0n) is 8.75. The molecule has 0 fully saturated rings. The van der Waals surface area contributed by atoms with Crippen LogP contribution in [0.4, 0.5) is 0 Å². The van der Waals surface area contributed by atoms with E-state index >= 15 is 0 Å². The molecule has 3 heterocycles. The number of aldehydes is 1. The van der Waals surface area contributed by atoms with Gasteiger partial charge in [0.05, 0.1) is 4.88 Å². The first-order valence-corrected chi connectivity index (χ1v) is 7.63. The van der Waals surface area contributed by atoms with Gasteiger partial charge in [-0.25, -0.2) is 0 Å². The number of carbonyl (C=O) groups excluding carboxylic acids is 1. The van der Waals surface area contributed by atoms with Crippen molar-refractivity contribution in [1.29, 1.82) is 0 Å². The van der Waals surface area contributed by atoms with E-state index in [1.807, 2.05) is 11.4 Å². The van der Waals surface area contributed by atoms with Crippen LogP contribution in [0.15, 0.2) is 41.1 Å². The maximum absolute atomic E-state index is 10.9. The lowest BCUT2D eigenvalue weighted by molar-refractivity contribution is 0.112. The predicted molar refractivity (Wildman–Crippen MR) is 76.3 cm³/mol. The van der Waals surface area contributed by atoms with Crippen molar-refractivity contribution in [3.8, 4) is 19.5 Å². The van der Waals surface area contributed by atoms with Gasteiger partial charge in [-0.2, -0.15) is 0 Å². The molecule has 0 aromatic carbocycles. The molecule has 0 saturated heterocycles. The Morgan fingerprint density at radius 1 is 0.882 bits per heavy atom. The highest BCUT2D eigenvalue weighted by Gasteiger charge is 2.10. The van der Waals surface area contributed by atoms with Crippen molar-refractivity contribution in [1.82, 2.24) is 0 Å². The van der Waals surface area contributed by atoms with Gasteiger partial charge in [-0.05, 0) is 35.0 Å². The molecule has 0 atom stereocenters. The summed E-state index contributed by atoms with van der Waals surface area (Å²) in [5.41, 5.74) is 0.787. The van der Waals surface area contributed by atoms with E-state index in [0.29, 0.717) is 0 Å². The molecule has 3 aromatic heterocycles. The lowest BCUT2D eigenvalue weighted by Gasteiger charge is -1.92. The lowest BCUT2D eigenvalue weighted by Crippen LogP contribution is -1.75. The Balaban J connectivity index is 2.03. The van der Waals surface area contributed by atoms with Gasteiger partial charge in [-0.3, -0.25) is 4.79 Å². The molecule has 3 rings (SSSR count). The van der Waals surface area contributed by atoms with Gasteiger partial charge < -0.3 is 0 Å². The Hall–Kier alpha value is -1.23. The highest BCUT2D eigenvalue weighted by molar-refractivity contribution is 7.25. The molecule has 84 valence electrons. The zero-order chi connectivity index (χ0) is 11.7. The van der Waals surface area contributed by atoms with E-state index in [-0.39, 0.29) is 0 Å². The molecule has 3 aromatic rings. The zero-order valence-corrected chi connectivity index (χ0v) is 11.2. The van der Waals surface area contributed by atoms with Gasteiger partial charge in [-0.15, -0.1) is 34.0 Å². The van der Waals surface area contributed by atoms with Crippen LogP contribution in [0.3, 0.4) is 0 Å². The fourth-order valence-corrected chi connectivity index (χ4v) is 4.48. The number of hydrogen-bond acceptors (Lipinski definition) is 4. The summed E-state index contributed by atoms with van der Waals surface area (Å²) in [7, 11) is 0. The molecule has 0 aliphatic rings. The van der Waals surface area contributed by atoms with Crippen LogP contribution >= 0.6 is 34.0 Å². The van der Waals surface area contributed by atoms with Crippen LogP contribution < -0.4 is 0 Å². The molecule has 0 N–H and O–H groups in total. The second-order valence-electron chi connectivity index (χ2n) is 3.46. The van der Waals surface area contributed by atoms with Crippen LogP contribution in [-0.4, -0.2) is 6.29 Å². The first kappa shape index (κ1) is 10.9. The summed E-state index contributed by atoms with van der Waals surface area (Å²) in [4.78, 5) is 15.7. The standard InChI is InChI=1S/C13H8OS3/c14-8-9-5-7-16-13(9)12-4-3-11(17-12)10-2-1-6-15-10/h1-8H. The fraction of sp³-hybridized carbons (Fsp3) is 0. The molecule has 4 heteroatoms. The van der Waals surface area contributed by atoms with Gasteiger partial charge in [0.25, 0.3) is 0 Å². The summed E-state index contributed by atoms with van der Waals surface area (Å²) >= 11 is 5.10. The number of hydrogen-bond donors (Lipinski definition) is 0. The average molecular weight is 276 g/mol. The van der Waals surface area contributed by atoms with Crippen molar-refractivity contribution in [2.24, 2.45) is 0 Å². The molecule has 0 bridgehead atoms. The van der Waals surface area contributed by atoms with Crippen molar-refractivity contribution in [2.45, 2.75) is 0 Å². The Bertz CT molecular complexity index is 631. The second kappa shape index (κ2) is 4.56. The van der Waals surface area contributed by atoms with Gasteiger partial charge >= 0.3 is 0 Å². The van der Waals surface area contributed by atoms with Crippen LogP contribution in [-0.2, 0) is 0 Å². The third kappa shape index (κ3) is 1.99. The summed E-state index contributed by atoms with van der Waals surface area (Å²) in [6.07, 6.45) is 0.927. The maximum Gasteiger partial charge on any atom is 0.151 e. The van der Waals surface area contributed by atoms with E-state index < -0.39 is 0 Å². The molecule has 0 spiro atoms. The van der Waals surface area contributed by atoms with Crippen LogP contribution in [0.5, 0.6) is 0 Å². The van der Waals surface area contributed by atoms with Crippen LogP contribution in [0.2, 0.25) is 0 Å². The van der Waals surface area contributed by atoms with E-state index in [2.05, 4.69) is 29.6 Å². The minimum Gasteiger partial charge on any atom is -0.298 e. The average Bonchev–Trinajstić information content (AvgIpc) is 3.09. The van der Waals surface area contributed by atoms with E-state index in [4.69, 9.17) is 0 Å². The third-order valence-corrected chi connectivity index (χ3v) is 5.68. The summed E-state index contributed by atoms with van der Waals surface area (Å²) in [6, 6.07) is 10.3. The first-order valence-electron chi connectivity index (χ1n) is 5.05. The fourth-order valence-electron chi connectivity index (χ4n) is 1.62. The predicted octanol–water partition coefficient (Wildman–Crippen LogP) is 5.02. The lowest BCUT2D eigenvalue weighted by atomic mass is 10.2. The highest BCUT2D eigenvalue weighted by Crippen LogP contribution is 2.39. The minimum atomic E-state index is 0.787. The SMILES string of the molecule is O=Cc1ccsc1-c1ccc(-c2cccs2)s1. The number of rotatable bonds is 3. The molecule has 17 heavy (non-hydrogen) atoms. The Morgan fingerprint density at radius 3 is 2.53 bits per heavy atom. The monoisotopic (exact) mass is 276 g/mol. The summed E-state index contributed by atoms with van der Waals surface area (Å²) in [5, 5.41) is 4.04. The van der Waals surface area contributed by atoms with Crippen LogP contribution in [0, 0.1) is 0 Å². The molecule has 0 saturated carbocycles. The smallest absolute Gasteiger partial charge is 0.151 e. The number of thiophene rings is 3. The molecule has 0 aliphatic heterocycles. The largest absolute Gasteiger partial charge is 0.298 e. The molecule has 0 unspecified atom stereocenters. The van der Waals surface area contributed by atoms with E-state index in [0.717, 1.165) is 16.7 Å². The van der Waals surface area contributed by atoms with Crippen molar-refractivity contribution in [2.75, 3.05) is 0 Å².